The number of aromatic nitrogens is 2. The lowest BCUT2D eigenvalue weighted by atomic mass is 10.1. The maximum atomic E-state index is 12.7. The number of carboxylic acid groups (broad SMARTS) is 1. The lowest BCUT2D eigenvalue weighted by Crippen LogP contribution is -2.44. The first-order chi connectivity index (χ1) is 15.2. The third-order valence-electron chi connectivity index (χ3n) is 4.18. The number of hydrogen-bond donors (Lipinski definition) is 1. The molecule has 1 aromatic heterocycles. The zero-order valence-electron chi connectivity index (χ0n) is 18.7. The third-order valence-corrected chi connectivity index (χ3v) is 6.35. The Bertz CT molecular complexity index is 1240. The predicted octanol–water partition coefficient (Wildman–Crippen LogP) is 3.36. The van der Waals surface area contributed by atoms with Crippen molar-refractivity contribution in [3.63, 3.8) is 0 Å². The monoisotopic (exact) mass is 473 g/mol. The van der Waals surface area contributed by atoms with Gasteiger partial charge < -0.3 is 9.84 Å². The fraction of sp³-hybridized carbons (Fsp3) is 0.318. The number of carbonyl (C=O) groups is 3. The van der Waals surface area contributed by atoms with E-state index < -0.39 is 44.5 Å². The second-order valence-electron chi connectivity index (χ2n) is 8.12. The average Bonchev–Trinajstić information content (AvgIpc) is 2.71. The molecule has 3 amide bonds. The van der Waals surface area contributed by atoms with Crippen molar-refractivity contribution in [1.29, 1.82) is 0 Å². The topological polar surface area (TPSA) is 144 Å². The van der Waals surface area contributed by atoms with Crippen molar-refractivity contribution in [2.24, 2.45) is 0 Å². The molecule has 11 heteroatoms. The van der Waals surface area contributed by atoms with Crippen LogP contribution in [0.1, 0.15) is 50.8 Å². The van der Waals surface area contributed by atoms with Crippen molar-refractivity contribution in [3.8, 4) is 23.6 Å². The number of hydrogen-bond acceptors (Lipinski definition) is 8. The maximum absolute atomic E-state index is 12.7. The van der Waals surface area contributed by atoms with Gasteiger partial charge in [-0.25, -0.2) is 28.0 Å². The summed E-state index contributed by atoms with van der Waals surface area (Å²) in [6.07, 6.45) is 3.32. The molecule has 33 heavy (non-hydrogen) atoms. The summed E-state index contributed by atoms with van der Waals surface area (Å²) in [6.45, 7) is 7.67. The summed E-state index contributed by atoms with van der Waals surface area (Å²) in [7, 11) is -3.46. The fourth-order valence-electron chi connectivity index (χ4n) is 2.53. The Kier molecular flexibility index (Phi) is 7.24. The van der Waals surface area contributed by atoms with E-state index >= 15 is 0 Å². The van der Waals surface area contributed by atoms with Gasteiger partial charge in [-0.3, -0.25) is 4.79 Å². The van der Waals surface area contributed by atoms with Crippen molar-refractivity contribution >= 4 is 27.9 Å². The van der Waals surface area contributed by atoms with Crippen LogP contribution in [0.3, 0.4) is 0 Å². The van der Waals surface area contributed by atoms with Gasteiger partial charge in [0.1, 0.15) is 11.3 Å². The molecule has 2 aromatic rings. The molecular formula is C22H23N3O7S. The van der Waals surface area contributed by atoms with Gasteiger partial charge in [0, 0.05) is 5.56 Å². The second-order valence-corrected chi connectivity index (χ2v) is 10.6. The molecule has 0 bridgehead atoms. The first kappa shape index (κ1) is 25.5. The van der Waals surface area contributed by atoms with E-state index in [1.54, 1.807) is 13.8 Å². The molecular weight excluding hydrogens is 450 g/mol. The Labute approximate surface area is 191 Å². The summed E-state index contributed by atoms with van der Waals surface area (Å²) in [5.41, 5.74) is -1.21. The van der Waals surface area contributed by atoms with E-state index in [-0.39, 0.29) is 21.2 Å². The molecule has 174 valence electrons. The number of imide groups is 3. The van der Waals surface area contributed by atoms with Gasteiger partial charge in [-0.05, 0) is 52.7 Å². The molecule has 0 aliphatic heterocycles. The highest BCUT2D eigenvalue weighted by Crippen LogP contribution is 2.23. The Hall–Kier alpha value is -3.78. The lowest BCUT2D eigenvalue weighted by molar-refractivity contribution is 0.0259. The summed E-state index contributed by atoms with van der Waals surface area (Å²) in [6, 6.07) is 5.84. The molecule has 0 radical (unpaired) electrons. The zero-order valence-corrected chi connectivity index (χ0v) is 19.5. The molecule has 0 fully saturated rings. The molecule has 1 heterocycles. The van der Waals surface area contributed by atoms with Crippen LogP contribution in [0.2, 0.25) is 0 Å². The molecule has 1 N–H and O–H groups in total. The second kappa shape index (κ2) is 9.38. The summed E-state index contributed by atoms with van der Waals surface area (Å²) >= 11 is 0. The van der Waals surface area contributed by atoms with Crippen LogP contribution in [0.25, 0.3) is 11.3 Å². The molecule has 0 unspecified atom stereocenters. The molecule has 0 spiro atoms. The largest absolute Gasteiger partial charge is 0.464 e. The number of terminal acetylenes is 1. The Balaban J connectivity index is 2.44. The molecule has 0 aliphatic rings. The number of carbonyl (C=O) groups excluding carboxylic acids is 2. The molecule has 0 aliphatic carbocycles. The molecule has 0 saturated heterocycles. The average molecular weight is 474 g/mol. The quantitative estimate of drug-likeness (QED) is 0.661. The van der Waals surface area contributed by atoms with Crippen LogP contribution in [-0.2, 0) is 14.6 Å². The van der Waals surface area contributed by atoms with E-state index in [9.17, 15) is 27.9 Å². The van der Waals surface area contributed by atoms with Crippen LogP contribution in [-0.4, -0.2) is 57.3 Å². The van der Waals surface area contributed by atoms with Crippen molar-refractivity contribution < 1.29 is 32.6 Å². The van der Waals surface area contributed by atoms with E-state index in [1.165, 1.54) is 45.0 Å². The Morgan fingerprint density at radius 2 is 1.73 bits per heavy atom. The van der Waals surface area contributed by atoms with E-state index in [0.717, 1.165) is 6.20 Å². The smallest absolute Gasteiger partial charge is 0.427 e. The highest BCUT2D eigenvalue weighted by molar-refractivity contribution is 7.92. The van der Waals surface area contributed by atoms with Gasteiger partial charge in [-0.1, -0.05) is 12.1 Å². The van der Waals surface area contributed by atoms with Crippen molar-refractivity contribution in [3.05, 3.63) is 41.9 Å². The molecule has 2 rings (SSSR count). The number of sulfone groups is 1. The minimum absolute atomic E-state index is 0.132. The van der Waals surface area contributed by atoms with Crippen molar-refractivity contribution in [2.45, 2.75) is 50.4 Å². The summed E-state index contributed by atoms with van der Waals surface area (Å²) < 4.78 is 29.5. The first-order valence-corrected chi connectivity index (χ1v) is 11.2. The van der Waals surface area contributed by atoms with Crippen LogP contribution in [0.4, 0.5) is 9.59 Å². The minimum Gasteiger partial charge on any atom is -0.464 e. The maximum Gasteiger partial charge on any atom is 0.427 e. The molecule has 1 aromatic carbocycles. The van der Waals surface area contributed by atoms with Crippen LogP contribution in [0.15, 0.2) is 35.4 Å². The van der Waals surface area contributed by atoms with E-state index in [4.69, 9.17) is 11.2 Å². The predicted molar refractivity (Wildman–Crippen MR) is 118 cm³/mol. The minimum atomic E-state index is -3.46. The van der Waals surface area contributed by atoms with Crippen LogP contribution < -0.4 is 0 Å². The van der Waals surface area contributed by atoms with E-state index in [1.807, 2.05) is 0 Å². The van der Waals surface area contributed by atoms with Gasteiger partial charge in [-0.2, -0.15) is 0 Å². The van der Waals surface area contributed by atoms with Gasteiger partial charge in [-0.15, -0.1) is 11.3 Å². The number of amides is 3. The van der Waals surface area contributed by atoms with Crippen molar-refractivity contribution in [1.82, 2.24) is 14.9 Å². The fourth-order valence-corrected chi connectivity index (χ4v) is 3.59. The number of rotatable bonds is 4. The van der Waals surface area contributed by atoms with Gasteiger partial charge in [0.2, 0.25) is 0 Å². The number of nitrogens with zero attached hydrogens (tertiary/aromatic N) is 3. The molecule has 0 atom stereocenters. The van der Waals surface area contributed by atoms with Crippen molar-refractivity contribution in [2.75, 3.05) is 0 Å². The Morgan fingerprint density at radius 1 is 1.15 bits per heavy atom. The van der Waals surface area contributed by atoms with Crippen LogP contribution in [0, 0.1) is 12.3 Å². The molecule has 10 nitrogen and oxygen atoms in total. The highest BCUT2D eigenvalue weighted by Gasteiger charge is 2.35. The van der Waals surface area contributed by atoms with Gasteiger partial charge >= 0.3 is 12.2 Å². The summed E-state index contributed by atoms with van der Waals surface area (Å²) in [4.78, 5) is 44.6. The van der Waals surface area contributed by atoms with Gasteiger partial charge in [0.15, 0.2) is 15.5 Å². The van der Waals surface area contributed by atoms with E-state index in [2.05, 4.69) is 15.9 Å². The number of ether oxygens (including phenoxy) is 1. The van der Waals surface area contributed by atoms with Crippen LogP contribution in [0.5, 0.6) is 0 Å². The summed E-state index contributed by atoms with van der Waals surface area (Å²) in [5.74, 6) is 0.839. The third kappa shape index (κ3) is 5.72. The SMILES string of the molecule is C#Cc1nc(-c2ccc(S(=O)(=O)C(C)C)cc2)cnc1C(=O)N(C(=O)O)C(=O)OC(C)(C)C. The van der Waals surface area contributed by atoms with Gasteiger partial charge in [0.25, 0.3) is 5.91 Å². The first-order valence-electron chi connectivity index (χ1n) is 9.67. The normalized spacial score (nSPS) is 11.5. The zero-order chi connectivity index (χ0) is 25.1. The number of benzene rings is 1. The lowest BCUT2D eigenvalue weighted by Gasteiger charge is -2.23. The summed E-state index contributed by atoms with van der Waals surface area (Å²) in [5, 5.41) is 8.76. The van der Waals surface area contributed by atoms with Gasteiger partial charge in [0.05, 0.1) is 22.0 Å². The standard InChI is InChI=1S/C22H23N3O7S/c1-7-16-18(19(26)25(20(27)28)21(29)32-22(4,5)6)23-12-17(24-16)14-8-10-15(11-9-14)33(30,31)13(2)3/h1,8-13H,2-6H3,(H,27,28). The Morgan fingerprint density at radius 3 is 2.18 bits per heavy atom. The highest BCUT2D eigenvalue weighted by atomic mass is 32.2. The molecule has 0 saturated carbocycles. The van der Waals surface area contributed by atoms with Crippen LogP contribution >= 0.6 is 0 Å². The van der Waals surface area contributed by atoms with E-state index in [0.29, 0.717) is 5.56 Å².